The number of rotatable bonds is 6. The highest BCUT2D eigenvalue weighted by molar-refractivity contribution is 5.77. The molecule has 1 aliphatic rings. The summed E-state index contributed by atoms with van der Waals surface area (Å²) in [6, 6.07) is 12.1. The van der Waals surface area contributed by atoms with Crippen molar-refractivity contribution in [3.63, 3.8) is 0 Å². The van der Waals surface area contributed by atoms with Crippen LogP contribution >= 0.6 is 0 Å². The van der Waals surface area contributed by atoms with Gasteiger partial charge in [-0.05, 0) is 57.3 Å². The molecule has 1 N–H and O–H groups in total. The van der Waals surface area contributed by atoms with Crippen molar-refractivity contribution in [3.05, 3.63) is 64.7 Å². The summed E-state index contributed by atoms with van der Waals surface area (Å²) in [5.74, 6) is -2.66. The van der Waals surface area contributed by atoms with Gasteiger partial charge >= 0.3 is 0 Å². The Morgan fingerprint density at radius 1 is 1.00 bits per heavy atom. The molecule has 11 heteroatoms. The van der Waals surface area contributed by atoms with Gasteiger partial charge in [0.15, 0.2) is 11.5 Å². The second-order valence-electron chi connectivity index (χ2n) is 9.72. The zero-order valence-corrected chi connectivity index (χ0v) is 21.3. The minimum atomic E-state index is -3.13. The summed E-state index contributed by atoms with van der Waals surface area (Å²) in [5.41, 5.74) is 1.53. The largest absolute Gasteiger partial charge is 0.369 e. The van der Waals surface area contributed by atoms with Crippen molar-refractivity contribution >= 4 is 28.4 Å². The van der Waals surface area contributed by atoms with Crippen LogP contribution in [-0.2, 0) is 5.92 Å². The molecule has 1 saturated heterocycles. The highest BCUT2D eigenvalue weighted by Gasteiger charge is 2.28. The van der Waals surface area contributed by atoms with Gasteiger partial charge in [-0.1, -0.05) is 6.07 Å². The molecule has 5 rings (SSSR count). The standard InChI is InChI=1S/C26H30F2N8O/c1-17(2)35-24(37)20-16-29-25(30-18-8-10-19(11-9-18)34-14-12-33(4)13-15-34)32-23(20)36(35)22-7-5-6-21(31-22)26(3,27)28/h5-11,16-17H,12-15H2,1-4H3,(H,29,30,32). The lowest BCUT2D eigenvalue weighted by atomic mass is 10.2. The molecule has 0 aliphatic carbocycles. The molecule has 0 bridgehead atoms. The van der Waals surface area contributed by atoms with Crippen LogP contribution < -0.4 is 15.8 Å². The van der Waals surface area contributed by atoms with E-state index in [-0.39, 0.29) is 40.1 Å². The van der Waals surface area contributed by atoms with E-state index in [9.17, 15) is 13.6 Å². The Balaban J connectivity index is 1.51. The first kappa shape index (κ1) is 24.8. The number of hydrogen-bond acceptors (Lipinski definition) is 7. The van der Waals surface area contributed by atoms with Gasteiger partial charge in [-0.3, -0.25) is 4.79 Å². The molecule has 1 fully saturated rings. The average molecular weight is 509 g/mol. The molecule has 0 radical (unpaired) electrons. The highest BCUT2D eigenvalue weighted by Crippen LogP contribution is 2.27. The summed E-state index contributed by atoms with van der Waals surface area (Å²) in [7, 11) is 2.13. The van der Waals surface area contributed by atoms with Crippen molar-refractivity contribution in [1.82, 2.24) is 29.2 Å². The summed E-state index contributed by atoms with van der Waals surface area (Å²) in [5, 5.41) is 3.47. The number of pyridine rings is 1. The van der Waals surface area contributed by atoms with E-state index in [0.717, 1.165) is 44.5 Å². The molecule has 37 heavy (non-hydrogen) atoms. The minimum absolute atomic E-state index is 0.181. The molecule has 4 heterocycles. The van der Waals surface area contributed by atoms with Crippen LogP contribution in [0.2, 0.25) is 0 Å². The van der Waals surface area contributed by atoms with Crippen molar-refractivity contribution < 1.29 is 8.78 Å². The van der Waals surface area contributed by atoms with Crippen molar-refractivity contribution in [3.8, 4) is 5.82 Å². The summed E-state index contributed by atoms with van der Waals surface area (Å²) < 4.78 is 31.0. The van der Waals surface area contributed by atoms with Gasteiger partial charge in [0.1, 0.15) is 11.1 Å². The van der Waals surface area contributed by atoms with Crippen LogP contribution in [0.4, 0.5) is 26.1 Å². The number of hydrogen-bond donors (Lipinski definition) is 1. The van der Waals surface area contributed by atoms with E-state index in [1.807, 2.05) is 26.0 Å². The molecule has 0 amide bonds. The Morgan fingerprint density at radius 3 is 2.35 bits per heavy atom. The lowest BCUT2D eigenvalue weighted by Crippen LogP contribution is -2.44. The quantitative estimate of drug-likeness (QED) is 0.419. The van der Waals surface area contributed by atoms with Crippen LogP contribution in [0.1, 0.15) is 32.5 Å². The van der Waals surface area contributed by atoms with E-state index in [1.165, 1.54) is 27.7 Å². The number of aromatic nitrogens is 5. The van der Waals surface area contributed by atoms with Gasteiger partial charge in [0.25, 0.3) is 11.5 Å². The van der Waals surface area contributed by atoms with Crippen LogP contribution in [0.25, 0.3) is 16.9 Å². The number of piperazine rings is 1. The Hall–Kier alpha value is -3.86. The zero-order valence-electron chi connectivity index (χ0n) is 21.3. The Kier molecular flexibility index (Phi) is 6.40. The molecule has 0 unspecified atom stereocenters. The number of benzene rings is 1. The highest BCUT2D eigenvalue weighted by atomic mass is 19.3. The second kappa shape index (κ2) is 9.55. The first-order valence-corrected chi connectivity index (χ1v) is 12.3. The van der Waals surface area contributed by atoms with Gasteiger partial charge < -0.3 is 15.1 Å². The first-order valence-electron chi connectivity index (χ1n) is 12.3. The van der Waals surface area contributed by atoms with Crippen molar-refractivity contribution in [2.24, 2.45) is 0 Å². The summed E-state index contributed by atoms with van der Waals surface area (Å²) in [6.45, 7) is 8.48. The number of alkyl halides is 2. The maximum atomic E-state index is 14.0. The zero-order chi connectivity index (χ0) is 26.3. The first-order chi connectivity index (χ1) is 17.6. The van der Waals surface area contributed by atoms with E-state index in [4.69, 9.17) is 0 Å². The fourth-order valence-corrected chi connectivity index (χ4v) is 4.48. The van der Waals surface area contributed by atoms with E-state index in [0.29, 0.717) is 0 Å². The van der Waals surface area contributed by atoms with Gasteiger partial charge in [-0.25, -0.2) is 19.3 Å². The maximum absolute atomic E-state index is 14.0. The van der Waals surface area contributed by atoms with E-state index in [2.05, 4.69) is 49.2 Å². The maximum Gasteiger partial charge on any atom is 0.287 e. The van der Waals surface area contributed by atoms with E-state index >= 15 is 0 Å². The predicted octanol–water partition coefficient (Wildman–Crippen LogP) is 4.17. The smallest absolute Gasteiger partial charge is 0.287 e. The molecule has 194 valence electrons. The normalized spacial score (nSPS) is 15.1. The van der Waals surface area contributed by atoms with Crippen molar-refractivity contribution in [2.75, 3.05) is 43.4 Å². The Labute approximate surface area is 213 Å². The number of anilines is 3. The van der Waals surface area contributed by atoms with Crippen LogP contribution in [0, 0.1) is 0 Å². The Morgan fingerprint density at radius 2 is 1.70 bits per heavy atom. The fraction of sp³-hybridized carbons (Fsp3) is 0.385. The lowest BCUT2D eigenvalue weighted by molar-refractivity contribution is 0.0127. The molecular weight excluding hydrogens is 478 g/mol. The molecule has 3 aromatic heterocycles. The minimum Gasteiger partial charge on any atom is -0.369 e. The molecule has 4 aromatic rings. The third-order valence-electron chi connectivity index (χ3n) is 6.51. The number of likely N-dealkylation sites (N-methyl/N-ethyl adjacent to an activating group) is 1. The monoisotopic (exact) mass is 508 g/mol. The molecule has 9 nitrogen and oxygen atoms in total. The van der Waals surface area contributed by atoms with Crippen molar-refractivity contribution in [1.29, 1.82) is 0 Å². The molecule has 0 atom stereocenters. The number of nitrogens with one attached hydrogen (secondary N) is 1. The van der Waals surface area contributed by atoms with E-state index < -0.39 is 5.92 Å². The van der Waals surface area contributed by atoms with Crippen molar-refractivity contribution in [2.45, 2.75) is 32.7 Å². The molecule has 1 aromatic carbocycles. The second-order valence-corrected chi connectivity index (χ2v) is 9.72. The molecular formula is C26H30F2N8O. The number of fused-ring (bicyclic) bond motifs is 1. The topological polar surface area (TPSA) is 84.1 Å². The van der Waals surface area contributed by atoms with Gasteiger partial charge in [-0.2, -0.15) is 13.8 Å². The SMILES string of the molecule is CC(C)n1c(=O)c2cnc(Nc3ccc(N4CCN(C)CC4)cc3)nc2n1-c1cccc(C(C)(F)F)n1. The van der Waals surface area contributed by atoms with E-state index in [1.54, 1.807) is 6.07 Å². The lowest BCUT2D eigenvalue weighted by Gasteiger charge is -2.34. The molecule has 1 aliphatic heterocycles. The van der Waals surface area contributed by atoms with Gasteiger partial charge in [0.05, 0.1) is 0 Å². The molecule has 0 saturated carbocycles. The third-order valence-corrected chi connectivity index (χ3v) is 6.51. The number of nitrogens with zero attached hydrogens (tertiary/aromatic N) is 7. The van der Waals surface area contributed by atoms with Gasteiger partial charge in [0.2, 0.25) is 5.95 Å². The third kappa shape index (κ3) is 4.91. The van der Waals surface area contributed by atoms with Crippen LogP contribution in [0.3, 0.4) is 0 Å². The predicted molar refractivity (Wildman–Crippen MR) is 140 cm³/mol. The van der Waals surface area contributed by atoms with Crippen LogP contribution in [-0.4, -0.2) is 62.4 Å². The summed E-state index contributed by atoms with van der Waals surface area (Å²) in [6.07, 6.45) is 1.46. The summed E-state index contributed by atoms with van der Waals surface area (Å²) >= 11 is 0. The number of halogens is 2. The Bertz CT molecular complexity index is 1460. The van der Waals surface area contributed by atoms with Crippen LogP contribution in [0.5, 0.6) is 0 Å². The summed E-state index contributed by atoms with van der Waals surface area (Å²) in [4.78, 5) is 30.9. The molecule has 0 spiro atoms. The van der Waals surface area contributed by atoms with Crippen LogP contribution in [0.15, 0.2) is 53.5 Å². The van der Waals surface area contributed by atoms with Gasteiger partial charge in [0, 0.05) is 56.7 Å². The fourth-order valence-electron chi connectivity index (χ4n) is 4.48. The average Bonchev–Trinajstić information content (AvgIpc) is 3.16. The van der Waals surface area contributed by atoms with Gasteiger partial charge in [-0.15, -0.1) is 0 Å².